The highest BCUT2D eigenvalue weighted by Crippen LogP contribution is 2.42. The minimum atomic E-state index is -0.531. The van der Waals surface area contributed by atoms with Gasteiger partial charge in [-0.05, 0) is 42.5 Å². The van der Waals surface area contributed by atoms with Crippen molar-refractivity contribution in [2.24, 2.45) is 16.3 Å². The topological polar surface area (TPSA) is 89.5 Å². The number of rotatable bonds is 3. The molecule has 0 spiro atoms. The number of hydrogen-bond acceptors (Lipinski definition) is 6. The molecule has 0 fully saturated rings. The molecule has 1 amide bonds. The van der Waals surface area contributed by atoms with E-state index < -0.39 is 5.91 Å². The van der Waals surface area contributed by atoms with Crippen LogP contribution < -0.4 is 15.5 Å². The zero-order chi connectivity index (χ0) is 18.6. The Labute approximate surface area is 155 Å². The smallest absolute Gasteiger partial charge is 0.298 e. The third-order valence-corrected chi connectivity index (χ3v) is 4.28. The first kappa shape index (κ1) is 16.7. The molecule has 27 heavy (non-hydrogen) atoms. The number of benzene rings is 3. The van der Waals surface area contributed by atoms with Crippen LogP contribution in [0.2, 0.25) is 0 Å². The number of nitrogens with zero attached hydrogens (tertiary/aromatic N) is 3. The molecule has 1 heterocycles. The van der Waals surface area contributed by atoms with Crippen LogP contribution >= 0.6 is 0 Å². The van der Waals surface area contributed by atoms with E-state index in [0.29, 0.717) is 12.1 Å². The second-order valence-corrected chi connectivity index (χ2v) is 5.90. The highest BCUT2D eigenvalue weighted by atomic mass is 16.8. The SMILES string of the molecule is NON=NC(=O)c1ccc(N2Cc3ccccc3Oc3ccccc32)cc1. The van der Waals surface area contributed by atoms with Crippen molar-refractivity contribution in [1.82, 2.24) is 0 Å². The van der Waals surface area contributed by atoms with Crippen molar-refractivity contribution in [2.75, 3.05) is 4.90 Å². The van der Waals surface area contributed by atoms with Crippen molar-refractivity contribution >= 4 is 17.3 Å². The number of amides is 1. The van der Waals surface area contributed by atoms with Gasteiger partial charge in [0.15, 0.2) is 5.75 Å². The van der Waals surface area contributed by atoms with Crippen LogP contribution in [0, 0.1) is 0 Å². The molecular weight excluding hydrogens is 344 g/mol. The van der Waals surface area contributed by atoms with E-state index in [2.05, 4.69) is 20.2 Å². The summed E-state index contributed by atoms with van der Waals surface area (Å²) >= 11 is 0. The van der Waals surface area contributed by atoms with Crippen molar-refractivity contribution in [3.8, 4) is 11.5 Å². The van der Waals surface area contributed by atoms with Crippen LogP contribution in [0.5, 0.6) is 11.5 Å². The predicted octanol–water partition coefficient (Wildman–Crippen LogP) is 4.53. The lowest BCUT2D eigenvalue weighted by Gasteiger charge is -2.24. The van der Waals surface area contributed by atoms with Crippen LogP contribution in [0.15, 0.2) is 83.2 Å². The largest absolute Gasteiger partial charge is 0.455 e. The number of carbonyl (C=O) groups is 1. The molecule has 7 heteroatoms. The average molecular weight is 360 g/mol. The molecule has 2 N–H and O–H groups in total. The van der Waals surface area contributed by atoms with E-state index >= 15 is 0 Å². The molecule has 0 aromatic heterocycles. The zero-order valence-electron chi connectivity index (χ0n) is 14.3. The third-order valence-electron chi connectivity index (χ3n) is 4.28. The van der Waals surface area contributed by atoms with Gasteiger partial charge in [0.2, 0.25) is 0 Å². The van der Waals surface area contributed by atoms with Gasteiger partial charge in [0.25, 0.3) is 5.91 Å². The van der Waals surface area contributed by atoms with Crippen molar-refractivity contribution in [2.45, 2.75) is 6.54 Å². The van der Waals surface area contributed by atoms with Gasteiger partial charge >= 0.3 is 0 Å². The quantitative estimate of drug-likeness (QED) is 0.547. The normalized spacial score (nSPS) is 12.7. The second-order valence-electron chi connectivity index (χ2n) is 5.90. The Bertz CT molecular complexity index is 1000. The maximum Gasteiger partial charge on any atom is 0.298 e. The number of hydrogen-bond donors (Lipinski definition) is 1. The number of nitrogens with two attached hydrogens (primary N) is 1. The fourth-order valence-corrected chi connectivity index (χ4v) is 3.01. The number of carbonyl (C=O) groups excluding carboxylic acids is 1. The van der Waals surface area contributed by atoms with E-state index in [-0.39, 0.29) is 0 Å². The molecule has 7 nitrogen and oxygen atoms in total. The summed E-state index contributed by atoms with van der Waals surface area (Å²) in [7, 11) is 0. The average Bonchev–Trinajstić information content (AvgIpc) is 2.89. The summed E-state index contributed by atoms with van der Waals surface area (Å²) in [6, 6.07) is 22.9. The molecule has 1 aliphatic rings. The molecule has 1 aliphatic heterocycles. The van der Waals surface area contributed by atoms with Crippen LogP contribution in [-0.4, -0.2) is 5.91 Å². The van der Waals surface area contributed by atoms with Crippen molar-refractivity contribution in [3.05, 3.63) is 83.9 Å². The molecule has 0 aliphatic carbocycles. The lowest BCUT2D eigenvalue weighted by Crippen LogP contribution is -2.15. The number of anilines is 2. The summed E-state index contributed by atoms with van der Waals surface area (Å²) in [6.07, 6.45) is 0. The fraction of sp³-hybridized carbons (Fsp3) is 0.0500. The Hall–Kier alpha value is -3.71. The molecular formula is C20H16N4O3. The first-order chi connectivity index (χ1) is 13.3. The molecule has 0 saturated heterocycles. The first-order valence-corrected chi connectivity index (χ1v) is 8.30. The van der Waals surface area contributed by atoms with E-state index in [1.54, 1.807) is 12.1 Å². The molecule has 0 atom stereocenters. The summed E-state index contributed by atoms with van der Waals surface area (Å²) in [4.78, 5) is 18.0. The lowest BCUT2D eigenvalue weighted by atomic mass is 10.1. The maximum atomic E-state index is 11.9. The minimum Gasteiger partial charge on any atom is -0.455 e. The van der Waals surface area contributed by atoms with Crippen LogP contribution in [0.3, 0.4) is 0 Å². The van der Waals surface area contributed by atoms with Crippen LogP contribution in [0.4, 0.5) is 11.4 Å². The van der Waals surface area contributed by atoms with Crippen LogP contribution in [0.25, 0.3) is 0 Å². The Kier molecular flexibility index (Phi) is 4.51. The molecule has 4 rings (SSSR count). The van der Waals surface area contributed by atoms with E-state index in [0.717, 1.165) is 28.4 Å². The Morgan fingerprint density at radius 3 is 2.44 bits per heavy atom. The van der Waals surface area contributed by atoms with Gasteiger partial charge in [0.05, 0.1) is 17.5 Å². The molecule has 0 radical (unpaired) electrons. The van der Waals surface area contributed by atoms with Gasteiger partial charge in [-0.3, -0.25) is 9.73 Å². The molecule has 0 unspecified atom stereocenters. The van der Waals surface area contributed by atoms with Crippen molar-refractivity contribution < 1.29 is 14.5 Å². The monoisotopic (exact) mass is 360 g/mol. The maximum absolute atomic E-state index is 11.9. The van der Waals surface area contributed by atoms with Gasteiger partial charge in [0.1, 0.15) is 5.75 Å². The van der Waals surface area contributed by atoms with Crippen molar-refractivity contribution in [1.29, 1.82) is 0 Å². The summed E-state index contributed by atoms with van der Waals surface area (Å²) in [5.74, 6) is 5.82. The highest BCUT2D eigenvalue weighted by Gasteiger charge is 2.21. The Morgan fingerprint density at radius 2 is 1.67 bits per heavy atom. The Balaban J connectivity index is 1.72. The lowest BCUT2D eigenvalue weighted by molar-refractivity contribution is 0.0902. The molecule has 0 saturated carbocycles. The van der Waals surface area contributed by atoms with E-state index in [4.69, 9.17) is 10.6 Å². The van der Waals surface area contributed by atoms with E-state index in [9.17, 15) is 4.79 Å². The first-order valence-electron chi connectivity index (χ1n) is 8.30. The summed E-state index contributed by atoms with van der Waals surface area (Å²) in [6.45, 7) is 0.640. The fourth-order valence-electron chi connectivity index (χ4n) is 3.01. The van der Waals surface area contributed by atoms with Gasteiger partial charge in [-0.2, -0.15) is 0 Å². The third kappa shape index (κ3) is 3.36. The van der Waals surface area contributed by atoms with Gasteiger partial charge in [-0.15, -0.1) is 5.90 Å². The number of para-hydroxylation sites is 3. The number of ether oxygens (including phenoxy) is 1. The predicted molar refractivity (Wildman–Crippen MR) is 99.7 cm³/mol. The van der Waals surface area contributed by atoms with Gasteiger partial charge in [-0.1, -0.05) is 35.4 Å². The van der Waals surface area contributed by atoms with Crippen LogP contribution in [0.1, 0.15) is 15.9 Å². The van der Waals surface area contributed by atoms with Gasteiger partial charge in [0, 0.05) is 16.8 Å². The molecule has 3 aromatic carbocycles. The highest BCUT2D eigenvalue weighted by molar-refractivity contribution is 5.95. The Morgan fingerprint density at radius 1 is 0.963 bits per heavy atom. The van der Waals surface area contributed by atoms with Gasteiger partial charge in [-0.25, -0.2) is 0 Å². The zero-order valence-corrected chi connectivity index (χ0v) is 14.3. The van der Waals surface area contributed by atoms with E-state index in [1.165, 1.54) is 0 Å². The van der Waals surface area contributed by atoms with E-state index in [1.807, 2.05) is 60.7 Å². The standard InChI is InChI=1S/C20H16N4O3/c21-27-23-22-20(25)14-9-11-16(12-10-14)24-13-15-5-1-3-7-18(15)26-19-8-4-2-6-17(19)24/h1-12H,13,21H2. The van der Waals surface area contributed by atoms with Gasteiger partial charge < -0.3 is 9.64 Å². The summed E-state index contributed by atoms with van der Waals surface area (Å²) in [5.41, 5.74) is 3.33. The molecule has 134 valence electrons. The molecule has 3 aromatic rings. The summed E-state index contributed by atoms with van der Waals surface area (Å²) < 4.78 is 6.11. The van der Waals surface area contributed by atoms with Crippen molar-refractivity contribution in [3.63, 3.8) is 0 Å². The molecule has 0 bridgehead atoms. The minimum absolute atomic E-state index is 0.388. The second kappa shape index (κ2) is 7.27. The summed E-state index contributed by atoms with van der Waals surface area (Å²) in [5, 5.41) is 6.39. The number of fused-ring (bicyclic) bond motifs is 2. The van der Waals surface area contributed by atoms with Crippen LogP contribution in [-0.2, 0) is 11.5 Å².